The van der Waals surface area contributed by atoms with Gasteiger partial charge in [0.1, 0.15) is 0 Å². The van der Waals surface area contributed by atoms with Crippen LogP contribution in [0.2, 0.25) is 0 Å². The van der Waals surface area contributed by atoms with Gasteiger partial charge < -0.3 is 19.7 Å². The smallest absolute Gasteiger partial charge is 0.246 e. The summed E-state index contributed by atoms with van der Waals surface area (Å²) in [6.07, 6.45) is 0. The summed E-state index contributed by atoms with van der Waals surface area (Å²) >= 11 is 0. The molecule has 1 aromatic rings. The normalized spacial score (nSPS) is 16.3. The molecule has 2 heterocycles. The van der Waals surface area contributed by atoms with Crippen LogP contribution in [0.4, 0.5) is 11.4 Å². The number of ether oxygens (including phenoxy) is 2. The maximum atomic E-state index is 11.9. The average Bonchev–Trinajstić information content (AvgIpc) is 2.77. The summed E-state index contributed by atoms with van der Waals surface area (Å²) < 4.78 is 10.7. The van der Waals surface area contributed by atoms with Gasteiger partial charge in [0.2, 0.25) is 12.7 Å². The van der Waals surface area contributed by atoms with Crippen molar-refractivity contribution in [3.8, 4) is 11.5 Å². The van der Waals surface area contributed by atoms with Crippen LogP contribution in [0.25, 0.3) is 0 Å². The first-order valence-electron chi connectivity index (χ1n) is 5.77. The Balaban J connectivity index is 2.04. The van der Waals surface area contributed by atoms with Crippen molar-refractivity contribution in [1.82, 2.24) is 0 Å². The van der Waals surface area contributed by atoms with Crippen LogP contribution < -0.4 is 19.7 Å². The zero-order valence-corrected chi connectivity index (χ0v) is 10.2. The van der Waals surface area contributed by atoms with E-state index in [9.17, 15) is 4.79 Å². The topological polar surface area (TPSA) is 50.8 Å². The predicted octanol–water partition coefficient (Wildman–Crippen LogP) is 1.75. The molecule has 0 spiro atoms. The number of rotatable bonds is 2. The van der Waals surface area contributed by atoms with Gasteiger partial charge in [0.15, 0.2) is 11.5 Å². The number of hydrogen-bond donors (Lipinski definition) is 1. The van der Waals surface area contributed by atoms with Gasteiger partial charge in [0.25, 0.3) is 0 Å². The van der Waals surface area contributed by atoms with Crippen molar-refractivity contribution in [2.75, 3.05) is 30.1 Å². The molecule has 0 atom stereocenters. The Labute approximate surface area is 105 Å². The van der Waals surface area contributed by atoms with Crippen molar-refractivity contribution in [1.29, 1.82) is 0 Å². The van der Waals surface area contributed by atoms with E-state index in [2.05, 4.69) is 11.9 Å². The molecular formula is C13H14N2O3. The zero-order valence-electron chi connectivity index (χ0n) is 10.2. The van der Waals surface area contributed by atoms with Crippen LogP contribution in [-0.4, -0.2) is 25.8 Å². The summed E-state index contributed by atoms with van der Waals surface area (Å²) in [5, 5.41) is 3.09. The number of anilines is 2. The van der Waals surface area contributed by atoms with Crippen LogP contribution in [0.3, 0.4) is 0 Å². The highest BCUT2D eigenvalue weighted by Crippen LogP contribution is 2.42. The summed E-state index contributed by atoms with van der Waals surface area (Å²) in [5.74, 6) is 1.42. The highest BCUT2D eigenvalue weighted by atomic mass is 16.7. The Morgan fingerprint density at radius 2 is 2.17 bits per heavy atom. The summed E-state index contributed by atoms with van der Waals surface area (Å²) in [5.41, 5.74) is 2.65. The lowest BCUT2D eigenvalue weighted by Gasteiger charge is -2.30. The zero-order chi connectivity index (χ0) is 12.7. The molecule has 2 aliphatic rings. The first-order chi connectivity index (χ1) is 8.65. The molecule has 1 amide bonds. The Morgan fingerprint density at radius 3 is 2.89 bits per heavy atom. The lowest BCUT2D eigenvalue weighted by Crippen LogP contribution is -2.40. The molecule has 5 nitrogen and oxygen atoms in total. The number of nitrogens with zero attached hydrogens (tertiary/aromatic N) is 1. The third-order valence-corrected chi connectivity index (χ3v) is 2.94. The van der Waals surface area contributed by atoms with Gasteiger partial charge in [-0.15, -0.1) is 0 Å². The van der Waals surface area contributed by atoms with Gasteiger partial charge in [-0.2, -0.15) is 0 Å². The molecule has 1 aromatic carbocycles. The molecule has 0 aromatic heterocycles. The number of carbonyl (C=O) groups excluding carboxylic acids is 1. The standard InChI is InChI=1S/C13H14N2O3/c1-8(2)6-15-10-4-12-11(17-7-18-12)3-9(10)14-5-13(15)16/h3-4,14H,1,5-7H2,2H3. The van der Waals surface area contributed by atoms with Gasteiger partial charge in [0, 0.05) is 18.7 Å². The fraction of sp³-hybridized carbons (Fsp3) is 0.308. The first-order valence-corrected chi connectivity index (χ1v) is 5.77. The quantitative estimate of drug-likeness (QED) is 0.808. The molecule has 5 heteroatoms. The SMILES string of the molecule is C=C(C)CN1C(=O)CNc2cc3c(cc21)OCO3. The largest absolute Gasteiger partial charge is 0.454 e. The van der Waals surface area contributed by atoms with Gasteiger partial charge in [-0.25, -0.2) is 0 Å². The van der Waals surface area contributed by atoms with Crippen molar-refractivity contribution < 1.29 is 14.3 Å². The number of fused-ring (bicyclic) bond motifs is 2. The number of carbonyl (C=O) groups is 1. The minimum absolute atomic E-state index is 0.0318. The van der Waals surface area contributed by atoms with Crippen molar-refractivity contribution in [2.45, 2.75) is 6.92 Å². The molecule has 0 aliphatic carbocycles. The minimum Gasteiger partial charge on any atom is -0.454 e. The third kappa shape index (κ3) is 1.68. The second kappa shape index (κ2) is 3.94. The van der Waals surface area contributed by atoms with Crippen molar-refractivity contribution in [2.24, 2.45) is 0 Å². The summed E-state index contributed by atoms with van der Waals surface area (Å²) in [4.78, 5) is 13.7. The second-order valence-electron chi connectivity index (χ2n) is 4.51. The van der Waals surface area contributed by atoms with Crippen molar-refractivity contribution in [3.63, 3.8) is 0 Å². The fourth-order valence-corrected chi connectivity index (χ4v) is 2.14. The van der Waals surface area contributed by atoms with Gasteiger partial charge in [-0.3, -0.25) is 4.79 Å². The fourth-order valence-electron chi connectivity index (χ4n) is 2.14. The predicted molar refractivity (Wildman–Crippen MR) is 68.2 cm³/mol. The average molecular weight is 246 g/mol. The lowest BCUT2D eigenvalue weighted by molar-refractivity contribution is -0.117. The minimum atomic E-state index is 0.0318. The summed E-state index contributed by atoms with van der Waals surface area (Å²) in [7, 11) is 0. The number of benzene rings is 1. The van der Waals surface area contributed by atoms with Crippen LogP contribution in [0.5, 0.6) is 11.5 Å². The first kappa shape index (κ1) is 11.0. The highest BCUT2D eigenvalue weighted by molar-refractivity contribution is 6.03. The molecule has 0 unspecified atom stereocenters. The van der Waals surface area contributed by atoms with Gasteiger partial charge in [0.05, 0.1) is 17.9 Å². The van der Waals surface area contributed by atoms with Crippen molar-refractivity contribution in [3.05, 3.63) is 24.3 Å². The molecule has 3 rings (SSSR count). The van der Waals surface area contributed by atoms with Crippen LogP contribution in [0.1, 0.15) is 6.92 Å². The van der Waals surface area contributed by atoms with E-state index in [0.29, 0.717) is 24.6 Å². The molecule has 0 saturated heterocycles. The summed E-state index contributed by atoms with van der Waals surface area (Å²) in [6, 6.07) is 3.71. The van der Waals surface area contributed by atoms with E-state index in [-0.39, 0.29) is 12.7 Å². The van der Waals surface area contributed by atoms with Gasteiger partial charge in [-0.1, -0.05) is 12.2 Å². The molecule has 18 heavy (non-hydrogen) atoms. The number of amides is 1. The Kier molecular flexibility index (Phi) is 2.40. The molecule has 1 N–H and O–H groups in total. The maximum absolute atomic E-state index is 11.9. The molecule has 0 bridgehead atoms. The maximum Gasteiger partial charge on any atom is 0.246 e. The van der Waals surface area contributed by atoms with E-state index in [4.69, 9.17) is 9.47 Å². The number of hydrogen-bond acceptors (Lipinski definition) is 4. The van der Waals surface area contributed by atoms with E-state index >= 15 is 0 Å². The van der Waals surface area contributed by atoms with Gasteiger partial charge >= 0.3 is 0 Å². The third-order valence-electron chi connectivity index (χ3n) is 2.94. The molecule has 0 saturated carbocycles. The Morgan fingerprint density at radius 1 is 1.44 bits per heavy atom. The van der Waals surface area contributed by atoms with E-state index in [0.717, 1.165) is 16.9 Å². The van der Waals surface area contributed by atoms with E-state index < -0.39 is 0 Å². The lowest BCUT2D eigenvalue weighted by atomic mass is 10.1. The van der Waals surface area contributed by atoms with Gasteiger partial charge in [-0.05, 0) is 6.92 Å². The van der Waals surface area contributed by atoms with E-state index in [1.54, 1.807) is 4.90 Å². The van der Waals surface area contributed by atoms with E-state index in [1.165, 1.54) is 0 Å². The monoisotopic (exact) mass is 246 g/mol. The van der Waals surface area contributed by atoms with Crippen LogP contribution in [-0.2, 0) is 4.79 Å². The summed E-state index contributed by atoms with van der Waals surface area (Å²) in [6.45, 7) is 6.80. The van der Waals surface area contributed by atoms with Crippen molar-refractivity contribution >= 4 is 17.3 Å². The Bertz CT molecular complexity index is 539. The molecular weight excluding hydrogens is 232 g/mol. The molecule has 94 valence electrons. The van der Waals surface area contributed by atoms with Crippen LogP contribution in [0, 0.1) is 0 Å². The number of nitrogens with one attached hydrogen (secondary N) is 1. The van der Waals surface area contributed by atoms with Crippen LogP contribution >= 0.6 is 0 Å². The second-order valence-corrected chi connectivity index (χ2v) is 4.51. The van der Waals surface area contributed by atoms with Crippen LogP contribution in [0.15, 0.2) is 24.3 Å². The molecule has 2 aliphatic heterocycles. The Hall–Kier alpha value is -2.17. The van der Waals surface area contributed by atoms with E-state index in [1.807, 2.05) is 19.1 Å². The molecule has 0 radical (unpaired) electrons. The molecule has 0 fully saturated rings. The highest BCUT2D eigenvalue weighted by Gasteiger charge is 2.27.